The minimum Gasteiger partial charge on any atom is -0.388 e. The first-order valence-corrected chi connectivity index (χ1v) is 4.63. The van der Waals surface area contributed by atoms with Gasteiger partial charge in [-0.3, -0.25) is 4.79 Å². The van der Waals surface area contributed by atoms with Crippen LogP contribution in [0.15, 0.2) is 0 Å². The van der Waals surface area contributed by atoms with E-state index in [1.807, 2.05) is 6.92 Å². The maximum atomic E-state index is 11.2. The van der Waals surface area contributed by atoms with E-state index in [2.05, 4.69) is 5.32 Å². The van der Waals surface area contributed by atoms with E-state index >= 15 is 0 Å². The molecule has 0 aromatic carbocycles. The quantitative estimate of drug-likeness (QED) is 0.562. The zero-order valence-corrected chi connectivity index (χ0v) is 8.63. The Hall–Kier alpha value is -0.610. The van der Waals surface area contributed by atoms with Gasteiger partial charge in [-0.25, -0.2) is 0 Å². The number of rotatable bonds is 5. The molecule has 4 N–H and O–H groups in total. The van der Waals surface area contributed by atoms with Crippen molar-refractivity contribution in [2.24, 2.45) is 11.7 Å². The summed E-state index contributed by atoms with van der Waals surface area (Å²) in [6, 6.07) is 0. The zero-order chi connectivity index (χ0) is 10.5. The van der Waals surface area contributed by atoms with Gasteiger partial charge in [0.2, 0.25) is 5.91 Å². The van der Waals surface area contributed by atoms with Gasteiger partial charge in [-0.05, 0) is 13.3 Å². The molecule has 78 valence electrons. The van der Waals surface area contributed by atoms with Gasteiger partial charge >= 0.3 is 0 Å². The molecule has 13 heavy (non-hydrogen) atoms. The summed E-state index contributed by atoms with van der Waals surface area (Å²) in [7, 11) is 0. The van der Waals surface area contributed by atoms with E-state index in [0.29, 0.717) is 13.0 Å². The Morgan fingerprint density at radius 3 is 2.62 bits per heavy atom. The van der Waals surface area contributed by atoms with E-state index in [-0.39, 0.29) is 18.4 Å². The summed E-state index contributed by atoms with van der Waals surface area (Å²) in [5, 5.41) is 12.2. The lowest BCUT2D eigenvalue weighted by Crippen LogP contribution is -2.43. The number of amides is 1. The normalized spacial score (nSPS) is 17.6. The van der Waals surface area contributed by atoms with Crippen molar-refractivity contribution in [3.8, 4) is 0 Å². The minimum absolute atomic E-state index is 0.101. The highest BCUT2D eigenvalue weighted by molar-refractivity contribution is 5.78. The van der Waals surface area contributed by atoms with E-state index in [1.165, 1.54) is 0 Å². The first-order valence-electron chi connectivity index (χ1n) is 4.63. The summed E-state index contributed by atoms with van der Waals surface area (Å²) in [4.78, 5) is 11.2. The van der Waals surface area contributed by atoms with Crippen LogP contribution in [0.5, 0.6) is 0 Å². The van der Waals surface area contributed by atoms with Crippen LogP contribution in [0.25, 0.3) is 0 Å². The van der Waals surface area contributed by atoms with Gasteiger partial charge in [0.25, 0.3) is 0 Å². The fourth-order valence-corrected chi connectivity index (χ4v) is 0.684. The van der Waals surface area contributed by atoms with Crippen molar-refractivity contribution in [1.82, 2.24) is 5.32 Å². The Morgan fingerprint density at radius 1 is 1.69 bits per heavy atom. The van der Waals surface area contributed by atoms with Crippen molar-refractivity contribution in [3.05, 3.63) is 0 Å². The molecule has 1 amide bonds. The topological polar surface area (TPSA) is 75.3 Å². The maximum Gasteiger partial charge on any atom is 0.224 e. The second-order valence-electron chi connectivity index (χ2n) is 3.71. The summed E-state index contributed by atoms with van der Waals surface area (Å²) in [6.45, 7) is 5.95. The van der Waals surface area contributed by atoms with Crippen molar-refractivity contribution in [1.29, 1.82) is 0 Å². The Balaban J connectivity index is 3.83. The molecule has 2 unspecified atom stereocenters. The molecule has 2 atom stereocenters. The van der Waals surface area contributed by atoms with Crippen LogP contribution in [0.3, 0.4) is 0 Å². The lowest BCUT2D eigenvalue weighted by molar-refractivity contribution is -0.125. The molecule has 0 spiro atoms. The molecule has 0 aliphatic rings. The van der Waals surface area contributed by atoms with Gasteiger partial charge in [0.15, 0.2) is 0 Å². The van der Waals surface area contributed by atoms with Crippen LogP contribution in [0, 0.1) is 5.92 Å². The predicted octanol–water partition coefficient (Wildman–Crippen LogP) is -0.142. The monoisotopic (exact) mass is 188 g/mol. The molecular weight excluding hydrogens is 168 g/mol. The number of hydrogen-bond donors (Lipinski definition) is 3. The van der Waals surface area contributed by atoms with E-state index in [9.17, 15) is 9.90 Å². The molecule has 0 saturated heterocycles. The Bertz CT molecular complexity index is 169. The van der Waals surface area contributed by atoms with Crippen LogP contribution in [-0.2, 0) is 4.79 Å². The average molecular weight is 188 g/mol. The van der Waals surface area contributed by atoms with Gasteiger partial charge in [-0.1, -0.05) is 13.8 Å². The molecule has 0 aromatic rings. The van der Waals surface area contributed by atoms with Gasteiger partial charge in [-0.15, -0.1) is 0 Å². The number of nitrogens with two attached hydrogens (primary N) is 1. The van der Waals surface area contributed by atoms with Crippen LogP contribution in [0.1, 0.15) is 27.2 Å². The van der Waals surface area contributed by atoms with Crippen molar-refractivity contribution in [2.75, 3.05) is 13.1 Å². The predicted molar refractivity (Wildman–Crippen MR) is 52.1 cm³/mol. The van der Waals surface area contributed by atoms with E-state index in [0.717, 1.165) is 0 Å². The molecule has 0 aromatic heterocycles. The molecule has 0 fully saturated rings. The minimum atomic E-state index is -0.815. The lowest BCUT2D eigenvalue weighted by Gasteiger charge is -2.22. The highest BCUT2D eigenvalue weighted by Crippen LogP contribution is 2.06. The van der Waals surface area contributed by atoms with E-state index < -0.39 is 5.60 Å². The van der Waals surface area contributed by atoms with Gasteiger partial charge in [-0.2, -0.15) is 0 Å². The lowest BCUT2D eigenvalue weighted by atomic mass is 10.0. The summed E-state index contributed by atoms with van der Waals surface area (Å²) in [5.41, 5.74) is 4.51. The standard InChI is InChI=1S/C9H20N2O2/c1-4-9(3,13)6-11-8(12)7(2)5-10/h7,13H,4-6,10H2,1-3H3,(H,11,12). The number of nitrogens with one attached hydrogen (secondary N) is 1. The summed E-state index contributed by atoms with van der Waals surface area (Å²) in [6.07, 6.45) is 0.615. The second-order valence-corrected chi connectivity index (χ2v) is 3.71. The van der Waals surface area contributed by atoms with Gasteiger partial charge in [0.1, 0.15) is 0 Å². The van der Waals surface area contributed by atoms with Gasteiger partial charge in [0.05, 0.1) is 5.60 Å². The second kappa shape index (κ2) is 5.19. The highest BCUT2D eigenvalue weighted by atomic mass is 16.3. The third kappa shape index (κ3) is 4.85. The molecular formula is C9H20N2O2. The fraction of sp³-hybridized carbons (Fsp3) is 0.889. The summed E-state index contributed by atoms with van der Waals surface area (Å²) in [5.74, 6) is -0.288. The Kier molecular flexibility index (Phi) is 4.95. The van der Waals surface area contributed by atoms with Crippen LogP contribution >= 0.6 is 0 Å². The first-order chi connectivity index (χ1) is 5.93. The van der Waals surface area contributed by atoms with Gasteiger partial charge < -0.3 is 16.2 Å². The molecule has 0 saturated carbocycles. The van der Waals surface area contributed by atoms with Crippen LogP contribution in [0.4, 0.5) is 0 Å². The van der Waals surface area contributed by atoms with E-state index in [4.69, 9.17) is 5.73 Å². The Labute approximate surface area is 79.5 Å². The SMILES string of the molecule is CCC(C)(O)CNC(=O)C(C)CN. The molecule has 0 heterocycles. The number of aliphatic hydroxyl groups is 1. The highest BCUT2D eigenvalue weighted by Gasteiger charge is 2.19. The van der Waals surface area contributed by atoms with E-state index in [1.54, 1.807) is 13.8 Å². The molecule has 0 radical (unpaired) electrons. The number of carbonyl (C=O) groups excluding carboxylic acids is 1. The van der Waals surface area contributed by atoms with Crippen LogP contribution < -0.4 is 11.1 Å². The van der Waals surface area contributed by atoms with Crippen molar-refractivity contribution < 1.29 is 9.90 Å². The van der Waals surface area contributed by atoms with Crippen molar-refractivity contribution >= 4 is 5.91 Å². The van der Waals surface area contributed by atoms with Crippen LogP contribution in [0.2, 0.25) is 0 Å². The molecule has 0 aliphatic carbocycles. The smallest absolute Gasteiger partial charge is 0.224 e. The number of hydrogen-bond acceptors (Lipinski definition) is 3. The average Bonchev–Trinajstić information content (AvgIpc) is 2.13. The maximum absolute atomic E-state index is 11.2. The van der Waals surface area contributed by atoms with Crippen LogP contribution in [-0.4, -0.2) is 29.7 Å². The summed E-state index contributed by atoms with van der Waals surface area (Å²) >= 11 is 0. The molecule has 0 rings (SSSR count). The third-order valence-corrected chi connectivity index (χ3v) is 2.21. The van der Waals surface area contributed by atoms with Crippen molar-refractivity contribution in [3.63, 3.8) is 0 Å². The largest absolute Gasteiger partial charge is 0.388 e. The first kappa shape index (κ1) is 12.4. The zero-order valence-electron chi connectivity index (χ0n) is 8.63. The Morgan fingerprint density at radius 2 is 2.23 bits per heavy atom. The number of carbonyl (C=O) groups is 1. The molecule has 0 bridgehead atoms. The summed E-state index contributed by atoms with van der Waals surface area (Å²) < 4.78 is 0. The fourth-order valence-electron chi connectivity index (χ4n) is 0.684. The van der Waals surface area contributed by atoms with Gasteiger partial charge in [0, 0.05) is 19.0 Å². The third-order valence-electron chi connectivity index (χ3n) is 2.21. The molecule has 4 nitrogen and oxygen atoms in total. The van der Waals surface area contributed by atoms with Crippen molar-refractivity contribution in [2.45, 2.75) is 32.8 Å². The molecule has 0 aliphatic heterocycles. The molecule has 4 heteroatoms.